The molecule has 0 saturated heterocycles. The van der Waals surface area contributed by atoms with E-state index in [1.54, 1.807) is 18.2 Å². The molecular weight excluding hydrogens is 357 g/mol. The topological polar surface area (TPSA) is 38.3 Å². The number of benzene rings is 1. The van der Waals surface area contributed by atoms with Crippen LogP contribution < -0.4 is 10.1 Å². The fourth-order valence-corrected chi connectivity index (χ4v) is 6.15. The smallest absolute Gasteiger partial charge is 0.258 e. The van der Waals surface area contributed by atoms with Gasteiger partial charge in [0.1, 0.15) is 5.75 Å². The van der Waals surface area contributed by atoms with Gasteiger partial charge in [-0.15, -0.1) is 0 Å². The number of amides is 1. The normalized spacial score (nSPS) is 34.0. The van der Waals surface area contributed by atoms with E-state index in [4.69, 9.17) is 27.9 Å². The molecule has 1 N–H and O–H groups in total. The van der Waals surface area contributed by atoms with Crippen LogP contribution in [0, 0.1) is 23.2 Å². The first-order valence-electron chi connectivity index (χ1n) is 9.31. The van der Waals surface area contributed by atoms with Crippen molar-refractivity contribution in [2.45, 2.75) is 51.5 Å². The van der Waals surface area contributed by atoms with Crippen LogP contribution in [0.1, 0.15) is 45.4 Å². The van der Waals surface area contributed by atoms with E-state index >= 15 is 0 Å². The molecule has 4 fully saturated rings. The van der Waals surface area contributed by atoms with Gasteiger partial charge < -0.3 is 10.1 Å². The van der Waals surface area contributed by atoms with E-state index in [9.17, 15) is 4.79 Å². The van der Waals surface area contributed by atoms with Crippen LogP contribution >= 0.6 is 23.2 Å². The first kappa shape index (κ1) is 17.5. The van der Waals surface area contributed by atoms with Crippen molar-refractivity contribution in [3.63, 3.8) is 0 Å². The van der Waals surface area contributed by atoms with Crippen molar-refractivity contribution in [1.82, 2.24) is 5.32 Å². The van der Waals surface area contributed by atoms with Crippen LogP contribution in [0.4, 0.5) is 0 Å². The van der Waals surface area contributed by atoms with Crippen LogP contribution in [0.2, 0.25) is 10.0 Å². The first-order valence-corrected chi connectivity index (χ1v) is 10.1. The minimum absolute atomic E-state index is 0.00860. The summed E-state index contributed by atoms with van der Waals surface area (Å²) in [6, 6.07) is 5.25. The molecule has 0 aliphatic heterocycles. The third kappa shape index (κ3) is 3.50. The standard InChI is InChI=1S/C20H25Cl2NO2/c1-12(20-8-13-4-14(9-20)6-15(5-13)10-20)23-19(24)11-25-16-2-3-17(21)18(22)7-16/h2-3,7,12-15H,4-6,8-11H2,1H3,(H,23,24)/t12-,13?,14?,15?,20?/m0/s1. The fourth-order valence-electron chi connectivity index (χ4n) is 5.86. The lowest BCUT2D eigenvalue weighted by molar-refractivity contribution is -0.127. The molecule has 0 spiro atoms. The van der Waals surface area contributed by atoms with Crippen molar-refractivity contribution in [2.24, 2.45) is 23.2 Å². The van der Waals surface area contributed by atoms with Crippen LogP contribution in [0.25, 0.3) is 0 Å². The van der Waals surface area contributed by atoms with E-state index in [1.807, 2.05) is 0 Å². The lowest BCUT2D eigenvalue weighted by Gasteiger charge is -2.59. The van der Waals surface area contributed by atoms with Crippen LogP contribution in [-0.2, 0) is 4.79 Å². The maximum Gasteiger partial charge on any atom is 0.258 e. The quantitative estimate of drug-likeness (QED) is 0.770. The Bertz CT molecular complexity index is 640. The van der Waals surface area contributed by atoms with Gasteiger partial charge in [-0.3, -0.25) is 4.79 Å². The highest BCUT2D eigenvalue weighted by Gasteiger charge is 2.53. The van der Waals surface area contributed by atoms with Crippen molar-refractivity contribution in [2.75, 3.05) is 6.61 Å². The zero-order valence-corrected chi connectivity index (χ0v) is 16.1. The maximum atomic E-state index is 12.4. The second-order valence-corrected chi connectivity index (χ2v) is 9.25. The first-order chi connectivity index (χ1) is 11.9. The number of hydrogen-bond donors (Lipinski definition) is 1. The van der Waals surface area contributed by atoms with Crippen LogP contribution in [-0.4, -0.2) is 18.6 Å². The Morgan fingerprint density at radius 3 is 2.32 bits per heavy atom. The van der Waals surface area contributed by atoms with Gasteiger partial charge in [0, 0.05) is 12.1 Å². The van der Waals surface area contributed by atoms with Gasteiger partial charge in [-0.05, 0) is 80.8 Å². The van der Waals surface area contributed by atoms with E-state index < -0.39 is 0 Å². The van der Waals surface area contributed by atoms with Crippen LogP contribution in [0.15, 0.2) is 18.2 Å². The van der Waals surface area contributed by atoms with Crippen molar-refractivity contribution < 1.29 is 9.53 Å². The zero-order chi connectivity index (χ0) is 17.6. The maximum absolute atomic E-state index is 12.4. The van der Waals surface area contributed by atoms with Gasteiger partial charge in [-0.1, -0.05) is 23.2 Å². The molecule has 4 aliphatic carbocycles. The molecule has 4 saturated carbocycles. The third-order valence-electron chi connectivity index (χ3n) is 6.64. The number of ether oxygens (including phenoxy) is 1. The number of carbonyl (C=O) groups excluding carboxylic acids is 1. The van der Waals surface area contributed by atoms with Gasteiger partial charge >= 0.3 is 0 Å². The summed E-state index contributed by atoms with van der Waals surface area (Å²) in [6.07, 6.45) is 8.11. The minimum atomic E-state index is -0.0608. The molecule has 136 valence electrons. The van der Waals surface area contributed by atoms with E-state index in [-0.39, 0.29) is 18.6 Å². The van der Waals surface area contributed by atoms with Gasteiger partial charge in [-0.25, -0.2) is 0 Å². The molecule has 0 unspecified atom stereocenters. The van der Waals surface area contributed by atoms with E-state index in [0.717, 1.165) is 17.8 Å². The average molecular weight is 382 g/mol. The van der Waals surface area contributed by atoms with Crippen LogP contribution in [0.3, 0.4) is 0 Å². The largest absolute Gasteiger partial charge is 0.484 e. The Morgan fingerprint density at radius 1 is 1.16 bits per heavy atom. The minimum Gasteiger partial charge on any atom is -0.484 e. The summed E-state index contributed by atoms with van der Waals surface area (Å²) >= 11 is 11.9. The highest BCUT2D eigenvalue weighted by Crippen LogP contribution is 2.61. The Balaban J connectivity index is 1.34. The number of carbonyl (C=O) groups is 1. The summed E-state index contributed by atoms with van der Waals surface area (Å²) < 4.78 is 5.57. The van der Waals surface area contributed by atoms with Crippen LogP contribution in [0.5, 0.6) is 5.75 Å². The molecule has 4 bridgehead atoms. The molecule has 25 heavy (non-hydrogen) atoms. The second-order valence-electron chi connectivity index (χ2n) is 8.43. The summed E-state index contributed by atoms with van der Waals surface area (Å²) in [4.78, 5) is 12.4. The Hall–Kier alpha value is -0.930. The number of hydrogen-bond acceptors (Lipinski definition) is 2. The molecule has 1 aromatic carbocycles. The Labute approximate surface area is 159 Å². The summed E-state index contributed by atoms with van der Waals surface area (Å²) in [5, 5.41) is 4.12. The van der Waals surface area contributed by atoms with Gasteiger partial charge in [-0.2, -0.15) is 0 Å². The molecule has 0 aromatic heterocycles. The highest BCUT2D eigenvalue weighted by atomic mass is 35.5. The Morgan fingerprint density at radius 2 is 1.76 bits per heavy atom. The van der Waals surface area contributed by atoms with Crippen molar-refractivity contribution in [1.29, 1.82) is 0 Å². The third-order valence-corrected chi connectivity index (χ3v) is 7.38. The summed E-state index contributed by atoms with van der Waals surface area (Å²) in [5.41, 5.74) is 0.313. The lowest BCUT2D eigenvalue weighted by atomic mass is 9.48. The summed E-state index contributed by atoms with van der Waals surface area (Å²) in [5.74, 6) is 3.16. The predicted octanol–water partition coefficient (Wildman–Crippen LogP) is 5.09. The van der Waals surface area contributed by atoms with E-state index in [2.05, 4.69) is 12.2 Å². The highest BCUT2D eigenvalue weighted by molar-refractivity contribution is 6.42. The molecule has 1 aromatic rings. The van der Waals surface area contributed by atoms with E-state index in [0.29, 0.717) is 21.2 Å². The van der Waals surface area contributed by atoms with Gasteiger partial charge in [0.15, 0.2) is 6.61 Å². The molecule has 1 amide bonds. The monoisotopic (exact) mass is 381 g/mol. The number of nitrogens with one attached hydrogen (secondary N) is 1. The SMILES string of the molecule is C[C@H](NC(=O)COc1ccc(Cl)c(Cl)c1)C12CC3CC(CC(C3)C1)C2. The molecule has 0 radical (unpaired) electrons. The Kier molecular flexibility index (Phi) is 4.66. The predicted molar refractivity (Wildman–Crippen MR) is 100 cm³/mol. The molecule has 5 rings (SSSR count). The summed E-state index contributed by atoms with van der Waals surface area (Å²) in [7, 11) is 0. The average Bonchev–Trinajstić information content (AvgIpc) is 2.54. The van der Waals surface area contributed by atoms with Gasteiger partial charge in [0.2, 0.25) is 0 Å². The molecule has 5 heteroatoms. The van der Waals surface area contributed by atoms with E-state index in [1.165, 1.54) is 38.5 Å². The molecule has 3 nitrogen and oxygen atoms in total. The second kappa shape index (κ2) is 6.66. The molecule has 0 heterocycles. The number of rotatable bonds is 5. The lowest BCUT2D eigenvalue weighted by Crippen LogP contribution is -2.56. The zero-order valence-electron chi connectivity index (χ0n) is 14.6. The molecule has 1 atom stereocenters. The van der Waals surface area contributed by atoms with Gasteiger partial charge in [0.25, 0.3) is 5.91 Å². The summed E-state index contributed by atoms with van der Waals surface area (Å²) in [6.45, 7) is 2.19. The van der Waals surface area contributed by atoms with Crippen molar-refractivity contribution in [3.05, 3.63) is 28.2 Å². The number of halogens is 2. The van der Waals surface area contributed by atoms with Crippen molar-refractivity contribution >= 4 is 29.1 Å². The fraction of sp³-hybridized carbons (Fsp3) is 0.650. The molecule has 4 aliphatic rings. The van der Waals surface area contributed by atoms with Gasteiger partial charge in [0.05, 0.1) is 10.0 Å². The van der Waals surface area contributed by atoms with Crippen molar-refractivity contribution in [3.8, 4) is 5.75 Å². The molecular formula is C20H25Cl2NO2.